The van der Waals surface area contributed by atoms with Gasteiger partial charge in [0.05, 0.1) is 0 Å². The smallest absolute Gasteiger partial charge is 0.306 e. The Bertz CT molecular complexity index is 1030. The zero-order valence-corrected chi connectivity index (χ0v) is 46.6. The van der Waals surface area contributed by atoms with Crippen molar-refractivity contribution in [1.82, 2.24) is 0 Å². The van der Waals surface area contributed by atoms with Gasteiger partial charge in [-0.1, -0.05) is 317 Å². The predicted molar refractivity (Wildman–Crippen MR) is 293 cm³/mol. The zero-order chi connectivity index (χ0) is 49.5. The van der Waals surface area contributed by atoms with Crippen molar-refractivity contribution in [1.29, 1.82) is 0 Å². The minimum absolute atomic E-state index is 0.0613. The van der Waals surface area contributed by atoms with Gasteiger partial charge in [-0.05, 0) is 25.2 Å². The molecule has 0 aliphatic rings. The van der Waals surface area contributed by atoms with E-state index < -0.39 is 6.10 Å². The first-order valence-electron chi connectivity index (χ1n) is 30.9. The zero-order valence-electron chi connectivity index (χ0n) is 46.6. The van der Waals surface area contributed by atoms with Gasteiger partial charge in [0.1, 0.15) is 13.2 Å². The lowest BCUT2D eigenvalue weighted by atomic mass is 10.0. The molecule has 0 fully saturated rings. The minimum atomic E-state index is -0.762. The van der Waals surface area contributed by atoms with Gasteiger partial charge in [0, 0.05) is 19.3 Å². The lowest BCUT2D eigenvalue weighted by Crippen LogP contribution is -2.30. The van der Waals surface area contributed by atoms with Crippen molar-refractivity contribution in [3.8, 4) is 0 Å². The third-order valence-corrected chi connectivity index (χ3v) is 14.3. The van der Waals surface area contributed by atoms with Crippen LogP contribution in [0.4, 0.5) is 0 Å². The molecule has 68 heavy (non-hydrogen) atoms. The average molecular weight is 962 g/mol. The third-order valence-electron chi connectivity index (χ3n) is 14.3. The van der Waals surface area contributed by atoms with Crippen molar-refractivity contribution in [3.63, 3.8) is 0 Å². The molecule has 0 rings (SSSR count). The molecule has 0 radical (unpaired) electrons. The molecule has 6 heteroatoms. The van der Waals surface area contributed by atoms with E-state index in [1.165, 1.54) is 250 Å². The fraction of sp³-hybridized carbons (Fsp3) is 0.952. The summed E-state index contributed by atoms with van der Waals surface area (Å²) in [5, 5.41) is 0. The van der Waals surface area contributed by atoms with Crippen LogP contribution in [0.3, 0.4) is 0 Å². The van der Waals surface area contributed by atoms with E-state index in [1.807, 2.05) is 0 Å². The van der Waals surface area contributed by atoms with Crippen LogP contribution in [0.25, 0.3) is 0 Å². The molecule has 0 N–H and O–H groups in total. The van der Waals surface area contributed by atoms with Gasteiger partial charge in [-0.2, -0.15) is 0 Å². The SMILES string of the molecule is CCCCCCCCCCCCCCCCCCC(=O)OC[C@@H](COC(=O)CCCCCCCCCCCCCCC)OC(=O)CCCCCCCCCCCCCCCCCCCCC(C)C. The molecule has 6 nitrogen and oxygen atoms in total. The van der Waals surface area contributed by atoms with Crippen molar-refractivity contribution in [2.75, 3.05) is 13.2 Å². The molecule has 0 heterocycles. The monoisotopic (exact) mass is 961 g/mol. The molecular weight excluding hydrogens is 841 g/mol. The summed E-state index contributed by atoms with van der Waals surface area (Å²) in [5.74, 6) is 0.0283. The maximum atomic E-state index is 12.9. The van der Waals surface area contributed by atoms with E-state index in [1.54, 1.807) is 0 Å². The highest BCUT2D eigenvalue weighted by Crippen LogP contribution is 2.18. The Kier molecular flexibility index (Phi) is 55.0. The highest BCUT2D eigenvalue weighted by Gasteiger charge is 2.19. The van der Waals surface area contributed by atoms with Crippen molar-refractivity contribution in [2.45, 2.75) is 361 Å². The third kappa shape index (κ3) is 55.3. The number of rotatable bonds is 57. The van der Waals surface area contributed by atoms with E-state index in [9.17, 15) is 14.4 Å². The summed E-state index contributed by atoms with van der Waals surface area (Å²) in [6.45, 7) is 9.09. The molecule has 0 saturated carbocycles. The van der Waals surface area contributed by atoms with Crippen LogP contribution in [0.2, 0.25) is 0 Å². The van der Waals surface area contributed by atoms with E-state index in [0.29, 0.717) is 19.3 Å². The maximum Gasteiger partial charge on any atom is 0.306 e. The van der Waals surface area contributed by atoms with E-state index in [0.717, 1.165) is 63.7 Å². The first kappa shape index (κ1) is 66.4. The molecule has 0 spiro atoms. The second-order valence-electron chi connectivity index (χ2n) is 21.8. The van der Waals surface area contributed by atoms with Gasteiger partial charge < -0.3 is 14.2 Å². The minimum Gasteiger partial charge on any atom is -0.462 e. The van der Waals surface area contributed by atoms with Crippen LogP contribution in [-0.4, -0.2) is 37.2 Å². The summed E-state index contributed by atoms with van der Waals surface area (Å²) < 4.78 is 16.9. The van der Waals surface area contributed by atoms with Crippen LogP contribution < -0.4 is 0 Å². The molecule has 0 aromatic rings. The Morgan fingerprint density at radius 3 is 0.721 bits per heavy atom. The average Bonchev–Trinajstić information content (AvgIpc) is 3.32. The maximum absolute atomic E-state index is 12.9. The van der Waals surface area contributed by atoms with E-state index in [-0.39, 0.29) is 31.1 Å². The number of hydrogen-bond acceptors (Lipinski definition) is 6. The Balaban J connectivity index is 4.25. The second-order valence-corrected chi connectivity index (χ2v) is 21.8. The highest BCUT2D eigenvalue weighted by atomic mass is 16.6. The molecule has 0 saturated heterocycles. The first-order chi connectivity index (χ1) is 33.4. The fourth-order valence-corrected chi connectivity index (χ4v) is 9.63. The van der Waals surface area contributed by atoms with Gasteiger partial charge >= 0.3 is 17.9 Å². The summed E-state index contributed by atoms with van der Waals surface area (Å²) in [6, 6.07) is 0. The van der Waals surface area contributed by atoms with Crippen LogP contribution >= 0.6 is 0 Å². The second kappa shape index (κ2) is 56.3. The van der Waals surface area contributed by atoms with Gasteiger partial charge in [0.15, 0.2) is 6.10 Å². The summed E-state index contributed by atoms with van der Waals surface area (Å²) in [5.41, 5.74) is 0. The molecule has 0 unspecified atom stereocenters. The summed E-state index contributed by atoms with van der Waals surface area (Å²) in [6.07, 6.45) is 62.4. The Labute approximate surface area is 425 Å². The highest BCUT2D eigenvalue weighted by molar-refractivity contribution is 5.71. The van der Waals surface area contributed by atoms with Crippen LogP contribution in [0.15, 0.2) is 0 Å². The normalized spacial score (nSPS) is 12.0. The number of unbranched alkanes of at least 4 members (excludes halogenated alkanes) is 44. The Morgan fingerprint density at radius 1 is 0.279 bits per heavy atom. The molecule has 0 aliphatic heterocycles. The van der Waals surface area contributed by atoms with Crippen LogP contribution in [-0.2, 0) is 28.6 Å². The number of hydrogen-bond donors (Lipinski definition) is 0. The Hall–Kier alpha value is -1.59. The summed E-state index contributed by atoms with van der Waals surface area (Å²) in [7, 11) is 0. The number of esters is 3. The van der Waals surface area contributed by atoms with Gasteiger partial charge in [0.25, 0.3) is 0 Å². The quantitative estimate of drug-likeness (QED) is 0.0343. The van der Waals surface area contributed by atoms with Crippen molar-refractivity contribution in [3.05, 3.63) is 0 Å². The molecule has 0 aromatic heterocycles. The summed E-state index contributed by atoms with van der Waals surface area (Å²) in [4.78, 5) is 38.2. The molecule has 0 bridgehead atoms. The summed E-state index contributed by atoms with van der Waals surface area (Å²) >= 11 is 0. The molecule has 1 atom stereocenters. The van der Waals surface area contributed by atoms with Crippen molar-refractivity contribution in [2.24, 2.45) is 5.92 Å². The Morgan fingerprint density at radius 2 is 0.485 bits per heavy atom. The predicted octanol–water partition coefficient (Wildman–Crippen LogP) is 20.6. The standard InChI is InChI=1S/C62H120O6/c1-5-7-9-11-13-15-17-19-20-26-30-34-38-42-46-50-54-61(64)67-57-59(56-66-60(63)53-49-45-41-37-33-28-18-16-14-12-10-8-6-2)68-62(65)55-51-47-43-39-35-31-27-24-22-21-23-25-29-32-36-40-44-48-52-58(3)4/h58-59H,5-57H2,1-4H3/t59-/m1/s1. The lowest BCUT2D eigenvalue weighted by Gasteiger charge is -2.18. The number of ether oxygens (including phenoxy) is 3. The largest absolute Gasteiger partial charge is 0.462 e. The molecular formula is C62H120O6. The van der Waals surface area contributed by atoms with Crippen molar-refractivity contribution >= 4 is 17.9 Å². The topological polar surface area (TPSA) is 78.9 Å². The van der Waals surface area contributed by atoms with Gasteiger partial charge in [-0.3, -0.25) is 14.4 Å². The number of carbonyl (C=O) groups excluding carboxylic acids is 3. The van der Waals surface area contributed by atoms with Gasteiger partial charge in [0.2, 0.25) is 0 Å². The first-order valence-corrected chi connectivity index (χ1v) is 30.9. The van der Waals surface area contributed by atoms with Gasteiger partial charge in [-0.15, -0.1) is 0 Å². The molecule has 0 amide bonds. The molecule has 0 aliphatic carbocycles. The van der Waals surface area contributed by atoms with E-state index in [2.05, 4.69) is 27.7 Å². The van der Waals surface area contributed by atoms with Crippen LogP contribution in [0.5, 0.6) is 0 Å². The van der Waals surface area contributed by atoms with E-state index >= 15 is 0 Å². The van der Waals surface area contributed by atoms with Gasteiger partial charge in [-0.25, -0.2) is 0 Å². The van der Waals surface area contributed by atoms with Crippen molar-refractivity contribution < 1.29 is 28.6 Å². The molecule has 0 aromatic carbocycles. The lowest BCUT2D eigenvalue weighted by molar-refractivity contribution is -0.167. The van der Waals surface area contributed by atoms with Crippen LogP contribution in [0, 0.1) is 5.92 Å². The number of carbonyl (C=O) groups is 3. The van der Waals surface area contributed by atoms with Crippen LogP contribution in [0.1, 0.15) is 355 Å². The van der Waals surface area contributed by atoms with E-state index in [4.69, 9.17) is 14.2 Å². The molecule has 404 valence electrons. The fourth-order valence-electron chi connectivity index (χ4n) is 9.63.